The highest BCUT2D eigenvalue weighted by molar-refractivity contribution is 14.0. The molecule has 1 heterocycles. The van der Waals surface area contributed by atoms with Gasteiger partial charge in [-0.15, -0.1) is 24.0 Å². The van der Waals surface area contributed by atoms with Crippen molar-refractivity contribution < 1.29 is 0 Å². The summed E-state index contributed by atoms with van der Waals surface area (Å²) < 4.78 is 1.74. The predicted octanol–water partition coefficient (Wildman–Crippen LogP) is 2.35. The van der Waals surface area contributed by atoms with Crippen LogP contribution in [0.25, 0.3) is 5.69 Å². The van der Waals surface area contributed by atoms with E-state index in [2.05, 4.69) is 51.7 Å². The van der Waals surface area contributed by atoms with Crippen LogP contribution in [0.1, 0.15) is 25.8 Å². The van der Waals surface area contributed by atoms with E-state index in [0.29, 0.717) is 6.54 Å². The van der Waals surface area contributed by atoms with E-state index in [1.807, 2.05) is 12.1 Å². The number of hydrogen-bond acceptors (Lipinski definition) is 3. The number of aromatic nitrogens is 3. The van der Waals surface area contributed by atoms with Gasteiger partial charge in [-0.3, -0.25) is 0 Å². The summed E-state index contributed by atoms with van der Waals surface area (Å²) in [4.78, 5) is 8.52. The number of guanidine groups is 1. The van der Waals surface area contributed by atoms with Gasteiger partial charge in [0.1, 0.15) is 12.7 Å². The van der Waals surface area contributed by atoms with E-state index in [-0.39, 0.29) is 24.0 Å². The topological polar surface area (TPSA) is 67.1 Å². The minimum absolute atomic E-state index is 0. The van der Waals surface area contributed by atoms with E-state index >= 15 is 0 Å². The van der Waals surface area contributed by atoms with Gasteiger partial charge in [-0.1, -0.05) is 19.1 Å². The van der Waals surface area contributed by atoms with Crippen LogP contribution in [0, 0.1) is 0 Å². The molecule has 0 saturated carbocycles. The van der Waals surface area contributed by atoms with E-state index in [4.69, 9.17) is 0 Å². The summed E-state index contributed by atoms with van der Waals surface area (Å²) >= 11 is 0. The molecule has 0 bridgehead atoms. The monoisotopic (exact) mass is 414 g/mol. The van der Waals surface area contributed by atoms with Gasteiger partial charge in [0, 0.05) is 13.1 Å². The van der Waals surface area contributed by atoms with Crippen LogP contribution < -0.4 is 10.6 Å². The van der Waals surface area contributed by atoms with Gasteiger partial charge < -0.3 is 10.6 Å². The molecule has 0 aliphatic carbocycles. The molecule has 22 heavy (non-hydrogen) atoms. The Hall–Kier alpha value is -1.64. The lowest BCUT2D eigenvalue weighted by atomic mass is 10.2. The lowest BCUT2D eigenvalue weighted by Gasteiger charge is -2.10. The number of aliphatic imine (C=N–C) groups is 1. The van der Waals surface area contributed by atoms with E-state index in [9.17, 15) is 0 Å². The summed E-state index contributed by atoms with van der Waals surface area (Å²) in [6, 6.07) is 8.16. The second-order valence-corrected chi connectivity index (χ2v) is 4.63. The number of hydrogen-bond donors (Lipinski definition) is 2. The standard InChI is InChI=1S/C15H22N6.HI/c1-3-9-18-15(17-4-2)19-10-13-5-7-14(8-6-13)21-12-16-11-20-21;/h5-8,11-12H,3-4,9-10H2,1-2H3,(H2,17,18,19);1H. The first kappa shape index (κ1) is 18.4. The summed E-state index contributed by atoms with van der Waals surface area (Å²) in [5.74, 6) is 0.861. The molecule has 7 heteroatoms. The molecular weight excluding hydrogens is 391 g/mol. The van der Waals surface area contributed by atoms with Crippen molar-refractivity contribution in [2.45, 2.75) is 26.8 Å². The molecule has 6 nitrogen and oxygen atoms in total. The highest BCUT2D eigenvalue weighted by Crippen LogP contribution is 2.08. The third-order valence-electron chi connectivity index (χ3n) is 2.93. The Morgan fingerprint density at radius 2 is 1.95 bits per heavy atom. The lowest BCUT2D eigenvalue weighted by Crippen LogP contribution is -2.37. The van der Waals surface area contributed by atoms with Crippen molar-refractivity contribution in [2.75, 3.05) is 13.1 Å². The first-order valence-corrected chi connectivity index (χ1v) is 7.29. The van der Waals surface area contributed by atoms with Crippen LogP contribution in [0.4, 0.5) is 0 Å². The minimum atomic E-state index is 0. The summed E-state index contributed by atoms with van der Waals surface area (Å²) in [5.41, 5.74) is 2.16. The molecule has 0 aliphatic rings. The Balaban J connectivity index is 0.00000242. The first-order chi connectivity index (χ1) is 10.3. The molecule has 0 radical (unpaired) electrons. The van der Waals surface area contributed by atoms with Crippen LogP contribution in [-0.4, -0.2) is 33.8 Å². The van der Waals surface area contributed by atoms with Crippen LogP contribution >= 0.6 is 24.0 Å². The van der Waals surface area contributed by atoms with Crippen molar-refractivity contribution in [3.8, 4) is 5.69 Å². The minimum Gasteiger partial charge on any atom is -0.357 e. The maximum Gasteiger partial charge on any atom is 0.191 e. The molecular formula is C15H23IN6. The lowest BCUT2D eigenvalue weighted by molar-refractivity contribution is 0.785. The van der Waals surface area contributed by atoms with Gasteiger partial charge >= 0.3 is 0 Å². The van der Waals surface area contributed by atoms with E-state index in [1.165, 1.54) is 6.33 Å². The molecule has 120 valence electrons. The highest BCUT2D eigenvalue weighted by atomic mass is 127. The Kier molecular flexibility index (Phi) is 8.49. The maximum atomic E-state index is 4.57. The zero-order valence-corrected chi connectivity index (χ0v) is 15.3. The Bertz CT molecular complexity index is 550. The summed E-state index contributed by atoms with van der Waals surface area (Å²) in [6.45, 7) is 6.64. The van der Waals surface area contributed by atoms with Crippen LogP contribution in [0.3, 0.4) is 0 Å². The Morgan fingerprint density at radius 3 is 2.55 bits per heavy atom. The molecule has 1 aromatic heterocycles. The van der Waals surface area contributed by atoms with Gasteiger partial charge in [-0.05, 0) is 31.0 Å². The normalized spacial score (nSPS) is 10.9. The van der Waals surface area contributed by atoms with Gasteiger partial charge in [0.25, 0.3) is 0 Å². The van der Waals surface area contributed by atoms with Crippen molar-refractivity contribution >= 4 is 29.9 Å². The van der Waals surface area contributed by atoms with E-state index in [0.717, 1.165) is 36.7 Å². The maximum absolute atomic E-state index is 4.57. The zero-order valence-electron chi connectivity index (χ0n) is 13.0. The fourth-order valence-electron chi connectivity index (χ4n) is 1.85. The van der Waals surface area contributed by atoms with Crippen LogP contribution in [0.2, 0.25) is 0 Å². The van der Waals surface area contributed by atoms with Gasteiger partial charge in [-0.2, -0.15) is 5.10 Å². The number of nitrogens with one attached hydrogen (secondary N) is 2. The third-order valence-corrected chi connectivity index (χ3v) is 2.93. The van der Waals surface area contributed by atoms with Gasteiger partial charge in [0.2, 0.25) is 0 Å². The fraction of sp³-hybridized carbons (Fsp3) is 0.400. The molecule has 0 fully saturated rings. The number of rotatable bonds is 6. The van der Waals surface area contributed by atoms with Crippen LogP contribution in [0.5, 0.6) is 0 Å². The fourth-order valence-corrected chi connectivity index (χ4v) is 1.85. The number of nitrogens with zero attached hydrogens (tertiary/aromatic N) is 4. The molecule has 0 unspecified atom stereocenters. The first-order valence-electron chi connectivity index (χ1n) is 7.29. The van der Waals surface area contributed by atoms with Crippen LogP contribution in [-0.2, 0) is 6.54 Å². The van der Waals surface area contributed by atoms with Gasteiger partial charge in [-0.25, -0.2) is 14.7 Å². The zero-order chi connectivity index (χ0) is 14.9. The number of benzene rings is 1. The van der Waals surface area contributed by atoms with Crippen LogP contribution in [0.15, 0.2) is 41.9 Å². The van der Waals surface area contributed by atoms with Crippen molar-refractivity contribution in [1.29, 1.82) is 0 Å². The molecule has 0 saturated heterocycles. The van der Waals surface area contributed by atoms with Gasteiger partial charge in [0.05, 0.1) is 12.2 Å². The van der Waals surface area contributed by atoms with Crippen molar-refractivity contribution in [3.05, 3.63) is 42.5 Å². The van der Waals surface area contributed by atoms with Crippen molar-refractivity contribution in [2.24, 2.45) is 4.99 Å². The van der Waals surface area contributed by atoms with E-state index < -0.39 is 0 Å². The third kappa shape index (κ3) is 5.63. The van der Waals surface area contributed by atoms with Crippen molar-refractivity contribution in [3.63, 3.8) is 0 Å². The molecule has 0 atom stereocenters. The summed E-state index contributed by atoms with van der Waals surface area (Å²) in [6.07, 6.45) is 4.29. The largest absolute Gasteiger partial charge is 0.357 e. The molecule has 2 N–H and O–H groups in total. The quantitative estimate of drug-likeness (QED) is 0.433. The highest BCUT2D eigenvalue weighted by Gasteiger charge is 1.99. The van der Waals surface area contributed by atoms with E-state index in [1.54, 1.807) is 11.0 Å². The molecule has 2 aromatic rings. The van der Waals surface area contributed by atoms with Gasteiger partial charge in [0.15, 0.2) is 5.96 Å². The van der Waals surface area contributed by atoms with Crippen molar-refractivity contribution in [1.82, 2.24) is 25.4 Å². The Morgan fingerprint density at radius 1 is 1.18 bits per heavy atom. The average Bonchev–Trinajstić information content (AvgIpc) is 3.05. The molecule has 0 spiro atoms. The number of halogens is 1. The average molecular weight is 414 g/mol. The molecule has 0 amide bonds. The SMILES string of the molecule is CCCNC(=NCc1ccc(-n2cncn2)cc1)NCC.I. The second kappa shape index (κ2) is 10.1. The molecule has 1 aromatic carbocycles. The second-order valence-electron chi connectivity index (χ2n) is 4.63. The molecule has 2 rings (SSSR count). The smallest absolute Gasteiger partial charge is 0.191 e. The Labute approximate surface area is 148 Å². The summed E-state index contributed by atoms with van der Waals surface area (Å²) in [5, 5.41) is 10.6. The predicted molar refractivity (Wildman–Crippen MR) is 99.9 cm³/mol. The molecule has 0 aliphatic heterocycles. The summed E-state index contributed by atoms with van der Waals surface area (Å²) in [7, 11) is 0.